The van der Waals surface area contributed by atoms with Crippen LogP contribution in [0.2, 0.25) is 0 Å². The van der Waals surface area contributed by atoms with Crippen LogP contribution in [0.25, 0.3) is 0 Å². The smallest absolute Gasteiger partial charge is 0.408 e. The average Bonchev–Trinajstić information content (AvgIpc) is 3.01. The maximum Gasteiger partial charge on any atom is 0.408 e. The predicted octanol–water partition coefficient (Wildman–Crippen LogP) is 4.47. The van der Waals surface area contributed by atoms with Crippen LogP contribution in [-0.2, 0) is 29.0 Å². The lowest BCUT2D eigenvalue weighted by Crippen LogP contribution is -2.24. The Hall–Kier alpha value is 0.470. The molecule has 23 heteroatoms. The van der Waals surface area contributed by atoms with E-state index in [1.807, 2.05) is 0 Å². The molecule has 2 amide bonds. The zero-order valence-electron chi connectivity index (χ0n) is 23.2. The van der Waals surface area contributed by atoms with Gasteiger partial charge in [-0.15, -0.1) is 106 Å². The van der Waals surface area contributed by atoms with E-state index < -0.39 is 12.2 Å². The summed E-state index contributed by atoms with van der Waals surface area (Å²) in [4.78, 5) is 50.0. The van der Waals surface area contributed by atoms with E-state index in [-0.39, 0.29) is 26.4 Å². The van der Waals surface area contributed by atoms with Gasteiger partial charge in [-0.1, -0.05) is 0 Å². The molecule has 0 saturated heterocycles. The van der Waals surface area contributed by atoms with E-state index in [9.17, 15) is 9.59 Å². The lowest BCUT2D eigenvalue weighted by molar-refractivity contribution is -0.221. The van der Waals surface area contributed by atoms with Crippen molar-refractivity contribution in [1.82, 2.24) is 10.6 Å². The Bertz CT molecular complexity index is 697. The van der Waals surface area contributed by atoms with Gasteiger partial charge >= 0.3 is 12.2 Å². The number of thioether (sulfide) groups is 9. The van der Waals surface area contributed by atoms with E-state index >= 15 is 0 Å². The standard InChI is InChI=1S/C20H38N4O10S9/c25-1-3-29-19(27)23-9-37-15-41-14-36-8-22-6-33-34-12-40-18-43-17-39-11-30-20(28)24-10-38-16-42-13-35-7-21-5-32-31-4-2-26/h5-6,25-26H,1-4,7-18H2,(H,23,27)(H,24,28). The highest BCUT2D eigenvalue weighted by Gasteiger charge is 2.02. The summed E-state index contributed by atoms with van der Waals surface area (Å²) in [6.45, 7) is -0.179. The fraction of sp³-hybridized carbons (Fsp3) is 0.800. The number of amides is 2. The first kappa shape index (κ1) is 43.5. The van der Waals surface area contributed by atoms with Crippen molar-refractivity contribution in [3.63, 3.8) is 0 Å². The Morgan fingerprint density at radius 1 is 0.581 bits per heavy atom. The number of rotatable bonds is 32. The predicted molar refractivity (Wildman–Crippen MR) is 191 cm³/mol. The molecule has 0 atom stereocenters. The molecule has 0 aromatic heterocycles. The van der Waals surface area contributed by atoms with Gasteiger partial charge in [0.1, 0.15) is 25.1 Å². The third-order valence-corrected chi connectivity index (χ3v) is 13.2. The molecule has 0 bridgehead atoms. The first-order valence-corrected chi connectivity index (χ1v) is 22.4. The van der Waals surface area contributed by atoms with Crippen LogP contribution in [0, 0.1) is 0 Å². The van der Waals surface area contributed by atoms with Gasteiger partial charge in [0.15, 0.2) is 0 Å². The van der Waals surface area contributed by atoms with Gasteiger partial charge in [0.2, 0.25) is 12.8 Å². The lowest BCUT2D eigenvalue weighted by Gasteiger charge is -2.06. The molecule has 0 aliphatic heterocycles. The maximum absolute atomic E-state index is 11.7. The summed E-state index contributed by atoms with van der Waals surface area (Å²) in [5.74, 6) is 2.72. The molecule has 0 unspecified atom stereocenters. The molecule has 0 fully saturated rings. The van der Waals surface area contributed by atoms with Crippen LogP contribution in [-0.4, -0.2) is 128 Å². The molecule has 0 aromatic carbocycles. The highest BCUT2D eigenvalue weighted by molar-refractivity contribution is 8.23. The fourth-order valence-corrected chi connectivity index (χ4v) is 10.0. The highest BCUT2D eigenvalue weighted by atomic mass is 32.2. The van der Waals surface area contributed by atoms with Crippen LogP contribution in [0.3, 0.4) is 0 Å². The van der Waals surface area contributed by atoms with Gasteiger partial charge in [-0.3, -0.25) is 0 Å². The Morgan fingerprint density at radius 2 is 1.07 bits per heavy atom. The summed E-state index contributed by atoms with van der Waals surface area (Å²) in [6.07, 6.45) is 1.54. The molecule has 0 radical (unpaired) electrons. The largest absolute Gasteiger partial charge is 0.447 e. The first-order valence-electron chi connectivity index (χ1n) is 12.0. The molecular formula is C20H38N4O10S9. The molecule has 0 aliphatic carbocycles. The fourth-order valence-electron chi connectivity index (χ4n) is 1.67. The number of hydrogen-bond acceptors (Lipinski definition) is 21. The van der Waals surface area contributed by atoms with Gasteiger partial charge in [-0.25, -0.2) is 19.6 Å². The number of nitrogens with zero attached hydrogens (tertiary/aromatic N) is 2. The molecule has 43 heavy (non-hydrogen) atoms. The topological polar surface area (TPSA) is 179 Å². The van der Waals surface area contributed by atoms with Gasteiger partial charge in [-0.05, 0) is 0 Å². The van der Waals surface area contributed by atoms with Crippen molar-refractivity contribution in [2.24, 2.45) is 9.98 Å². The first-order chi connectivity index (χ1) is 21.2. The molecule has 0 aromatic rings. The minimum absolute atomic E-state index is 0.00149. The third-order valence-electron chi connectivity index (χ3n) is 3.24. The summed E-state index contributed by atoms with van der Waals surface area (Å²) < 4.78 is 9.80. The molecular weight excluding hydrogens is 745 g/mol. The molecule has 4 N–H and O–H groups in total. The molecule has 252 valence electrons. The van der Waals surface area contributed by atoms with Gasteiger partial charge < -0.3 is 40.1 Å². The van der Waals surface area contributed by atoms with E-state index in [1.54, 1.807) is 94.1 Å². The minimum Gasteiger partial charge on any atom is -0.447 e. The lowest BCUT2D eigenvalue weighted by atomic mass is 10.8. The Morgan fingerprint density at radius 3 is 1.65 bits per heavy atom. The number of carbonyl (C=O) groups excluding carboxylic acids is 2. The van der Waals surface area contributed by atoms with Crippen LogP contribution < -0.4 is 10.6 Å². The van der Waals surface area contributed by atoms with Gasteiger partial charge in [0.05, 0.1) is 36.7 Å². The van der Waals surface area contributed by atoms with Gasteiger partial charge in [0, 0.05) is 30.5 Å². The van der Waals surface area contributed by atoms with Crippen LogP contribution in [0.5, 0.6) is 0 Å². The summed E-state index contributed by atoms with van der Waals surface area (Å²) in [5, 5.41) is 27.3. The van der Waals surface area contributed by atoms with Crippen molar-refractivity contribution >= 4 is 131 Å². The number of hydrogen-bond donors (Lipinski definition) is 4. The van der Waals surface area contributed by atoms with E-state index in [4.69, 9.17) is 24.7 Å². The summed E-state index contributed by atoms with van der Waals surface area (Å²) in [7, 11) is 0. The molecule has 0 saturated carbocycles. The zero-order valence-corrected chi connectivity index (χ0v) is 30.5. The highest BCUT2D eigenvalue weighted by Crippen LogP contribution is 2.19. The van der Waals surface area contributed by atoms with Crippen LogP contribution in [0.1, 0.15) is 0 Å². The second-order valence-corrected chi connectivity index (χ2v) is 17.3. The summed E-state index contributed by atoms with van der Waals surface area (Å²) in [6, 6.07) is 0. The van der Waals surface area contributed by atoms with Crippen molar-refractivity contribution < 1.29 is 48.8 Å². The monoisotopic (exact) mass is 782 g/mol. The number of alkyl carbamates (subject to hydrolysis) is 2. The minimum atomic E-state index is -0.527. The molecule has 0 heterocycles. The summed E-state index contributed by atoms with van der Waals surface area (Å²) >= 11 is 14.6. The molecule has 0 aliphatic rings. The number of aliphatic hydroxyl groups is 2. The van der Waals surface area contributed by atoms with Gasteiger partial charge in [0.25, 0.3) is 0 Å². The van der Waals surface area contributed by atoms with E-state index in [0.29, 0.717) is 35.4 Å². The maximum atomic E-state index is 11.7. The average molecular weight is 783 g/mol. The second kappa shape index (κ2) is 38.7. The normalized spacial score (nSPS) is 11.2. The van der Waals surface area contributed by atoms with E-state index in [2.05, 4.69) is 35.1 Å². The third kappa shape index (κ3) is 38.6. The van der Waals surface area contributed by atoms with Crippen LogP contribution >= 0.6 is 106 Å². The van der Waals surface area contributed by atoms with Gasteiger partial charge in [-0.2, -0.15) is 9.78 Å². The van der Waals surface area contributed by atoms with Crippen molar-refractivity contribution in [3.8, 4) is 0 Å². The number of carbonyl (C=O) groups is 2. The molecule has 14 nitrogen and oxygen atoms in total. The van der Waals surface area contributed by atoms with Crippen molar-refractivity contribution in [2.45, 2.75) is 0 Å². The van der Waals surface area contributed by atoms with E-state index in [1.165, 1.54) is 24.6 Å². The summed E-state index contributed by atoms with van der Waals surface area (Å²) in [5.41, 5.74) is 0. The number of aliphatic hydroxyl groups excluding tert-OH is 2. The van der Waals surface area contributed by atoms with Crippen LogP contribution in [0.15, 0.2) is 9.98 Å². The number of nitrogens with one attached hydrogen (secondary N) is 2. The van der Waals surface area contributed by atoms with Crippen LogP contribution in [0.4, 0.5) is 9.59 Å². The Labute approximate surface area is 290 Å². The Balaban J connectivity index is 3.24. The van der Waals surface area contributed by atoms with Crippen molar-refractivity contribution in [3.05, 3.63) is 0 Å². The van der Waals surface area contributed by atoms with Crippen molar-refractivity contribution in [2.75, 3.05) is 92.3 Å². The Kier molecular flexibility index (Phi) is 39.1. The quantitative estimate of drug-likeness (QED) is 0.0187. The number of aliphatic imine (C=N–C) groups is 2. The second-order valence-electron chi connectivity index (χ2n) is 6.40. The SMILES string of the molecule is O=C(NCSCSCSCN=COOCSCSCSCOC(=O)NCSCSCSCN=COOCCO)OCCO. The number of ether oxygens (including phenoxy) is 2. The van der Waals surface area contributed by atoms with E-state index in [0.717, 1.165) is 30.5 Å². The zero-order chi connectivity index (χ0) is 31.3. The molecule has 0 rings (SSSR count). The van der Waals surface area contributed by atoms with Crippen molar-refractivity contribution in [1.29, 1.82) is 0 Å². The molecule has 0 spiro atoms.